The predicted octanol–water partition coefficient (Wildman–Crippen LogP) is 8.26. The molecule has 0 saturated heterocycles. The van der Waals surface area contributed by atoms with Gasteiger partial charge < -0.3 is 0 Å². The van der Waals surface area contributed by atoms with Gasteiger partial charge >= 0.3 is 0 Å². The van der Waals surface area contributed by atoms with Crippen LogP contribution in [-0.4, -0.2) is 0 Å². The van der Waals surface area contributed by atoms with Gasteiger partial charge in [-0.3, -0.25) is 0 Å². The maximum Gasteiger partial charge on any atom is -0.000729 e. The Morgan fingerprint density at radius 1 is 0.355 bits per heavy atom. The topological polar surface area (TPSA) is 0 Å². The molecular weight excluding hydrogens is 372 g/mol. The van der Waals surface area contributed by atoms with Crippen molar-refractivity contribution < 1.29 is 0 Å². The second kappa shape index (κ2) is 7.41. The number of fused-ring (bicyclic) bond motifs is 3. The van der Waals surface area contributed by atoms with E-state index in [1.165, 1.54) is 55.6 Å². The number of rotatable bonds is 3. The van der Waals surface area contributed by atoms with Crippen molar-refractivity contribution in [2.24, 2.45) is 0 Å². The van der Waals surface area contributed by atoms with Crippen LogP contribution in [0.25, 0.3) is 44.5 Å². The fraction of sp³-hybridized carbons (Fsp3) is 0.0323. The molecule has 5 aromatic rings. The van der Waals surface area contributed by atoms with Crippen molar-refractivity contribution >= 4 is 0 Å². The van der Waals surface area contributed by atoms with Crippen molar-refractivity contribution in [3.8, 4) is 44.5 Å². The molecule has 0 atom stereocenters. The van der Waals surface area contributed by atoms with Crippen LogP contribution in [0.1, 0.15) is 11.1 Å². The molecule has 5 aromatic carbocycles. The van der Waals surface area contributed by atoms with Gasteiger partial charge in [0, 0.05) is 0 Å². The van der Waals surface area contributed by atoms with Gasteiger partial charge in [-0.1, -0.05) is 115 Å². The summed E-state index contributed by atoms with van der Waals surface area (Å²) < 4.78 is 0. The van der Waals surface area contributed by atoms with Gasteiger partial charge in [-0.15, -0.1) is 0 Å². The molecule has 0 saturated carbocycles. The molecule has 0 aliphatic heterocycles. The fourth-order valence-electron chi connectivity index (χ4n) is 4.78. The third-order valence-electron chi connectivity index (χ3n) is 6.35. The first-order valence-corrected chi connectivity index (χ1v) is 10.8. The Bertz CT molecular complexity index is 1380. The molecule has 0 bridgehead atoms. The summed E-state index contributed by atoms with van der Waals surface area (Å²) in [7, 11) is 0. The smallest absolute Gasteiger partial charge is 0.000729 e. The summed E-state index contributed by atoms with van der Waals surface area (Å²) in [5.74, 6) is 0. The monoisotopic (exact) mass is 394 g/mol. The minimum atomic E-state index is 1.01. The van der Waals surface area contributed by atoms with Gasteiger partial charge in [-0.2, -0.15) is 0 Å². The highest BCUT2D eigenvalue weighted by atomic mass is 14.2. The maximum atomic E-state index is 2.33. The van der Waals surface area contributed by atoms with Crippen molar-refractivity contribution in [2.45, 2.75) is 6.42 Å². The lowest BCUT2D eigenvalue weighted by Gasteiger charge is -2.11. The molecule has 0 spiro atoms. The average molecular weight is 395 g/mol. The van der Waals surface area contributed by atoms with Crippen molar-refractivity contribution in [3.63, 3.8) is 0 Å². The van der Waals surface area contributed by atoms with Crippen molar-refractivity contribution in [3.05, 3.63) is 132 Å². The Kier molecular flexibility index (Phi) is 4.28. The molecule has 0 aromatic heterocycles. The van der Waals surface area contributed by atoms with Crippen molar-refractivity contribution in [1.29, 1.82) is 0 Å². The summed E-state index contributed by atoms with van der Waals surface area (Å²) in [6.07, 6.45) is 1.01. The van der Waals surface area contributed by atoms with Crippen LogP contribution in [0.5, 0.6) is 0 Å². The van der Waals surface area contributed by atoms with E-state index in [0.717, 1.165) is 6.42 Å². The predicted molar refractivity (Wildman–Crippen MR) is 131 cm³/mol. The number of hydrogen-bond acceptors (Lipinski definition) is 0. The molecule has 1 aliphatic rings. The zero-order valence-corrected chi connectivity index (χ0v) is 17.3. The van der Waals surface area contributed by atoms with Gasteiger partial charge in [-0.05, 0) is 68.1 Å². The van der Waals surface area contributed by atoms with E-state index in [1.807, 2.05) is 0 Å². The lowest BCUT2D eigenvalue weighted by molar-refractivity contribution is 1.26. The Morgan fingerprint density at radius 3 is 1.74 bits per heavy atom. The standard InChI is InChI=1S/C31H22/c1-2-8-22(9-3-1)23-16-18-24(19-17-23)25-11-6-12-26(20-25)29-14-7-15-30-28-13-5-4-10-27(28)21-31(29)30/h1-20H,21H2. The summed E-state index contributed by atoms with van der Waals surface area (Å²) in [5.41, 5.74) is 13.3. The normalized spacial score (nSPS) is 11.7. The quantitative estimate of drug-likeness (QED) is 0.283. The third-order valence-corrected chi connectivity index (χ3v) is 6.35. The zero-order chi connectivity index (χ0) is 20.6. The molecule has 0 N–H and O–H groups in total. The van der Waals surface area contributed by atoms with E-state index >= 15 is 0 Å². The highest BCUT2D eigenvalue weighted by Crippen LogP contribution is 2.42. The minimum Gasteiger partial charge on any atom is -0.0622 e. The van der Waals surface area contributed by atoms with E-state index in [4.69, 9.17) is 0 Å². The van der Waals surface area contributed by atoms with Crippen LogP contribution in [0, 0.1) is 0 Å². The van der Waals surface area contributed by atoms with Crippen LogP contribution in [0.3, 0.4) is 0 Å². The lowest BCUT2D eigenvalue weighted by atomic mass is 9.93. The molecule has 6 rings (SSSR count). The molecule has 0 heterocycles. The molecule has 0 nitrogen and oxygen atoms in total. The number of hydrogen-bond donors (Lipinski definition) is 0. The molecule has 1 aliphatic carbocycles. The molecule has 0 unspecified atom stereocenters. The van der Waals surface area contributed by atoms with Crippen molar-refractivity contribution in [2.75, 3.05) is 0 Å². The molecular formula is C31H22. The van der Waals surface area contributed by atoms with Crippen LogP contribution in [0.4, 0.5) is 0 Å². The van der Waals surface area contributed by atoms with Crippen LogP contribution in [-0.2, 0) is 6.42 Å². The summed E-state index contributed by atoms with van der Waals surface area (Å²) >= 11 is 0. The maximum absolute atomic E-state index is 2.33. The Morgan fingerprint density at radius 2 is 0.903 bits per heavy atom. The van der Waals surface area contributed by atoms with Gasteiger partial charge in [0.25, 0.3) is 0 Å². The van der Waals surface area contributed by atoms with Gasteiger partial charge in [0.1, 0.15) is 0 Å². The SMILES string of the molecule is c1ccc(-c2ccc(-c3cccc(-c4cccc5c4Cc4ccccc4-5)c3)cc2)cc1. The summed E-state index contributed by atoms with van der Waals surface area (Å²) in [6.45, 7) is 0. The van der Waals surface area contributed by atoms with E-state index in [1.54, 1.807) is 0 Å². The molecule has 0 fully saturated rings. The minimum absolute atomic E-state index is 1.01. The molecule has 31 heavy (non-hydrogen) atoms. The molecule has 0 amide bonds. The fourth-order valence-corrected chi connectivity index (χ4v) is 4.78. The lowest BCUT2D eigenvalue weighted by Crippen LogP contribution is -1.89. The average Bonchev–Trinajstić information content (AvgIpc) is 3.24. The van der Waals surface area contributed by atoms with Crippen LogP contribution in [0.2, 0.25) is 0 Å². The van der Waals surface area contributed by atoms with E-state index in [-0.39, 0.29) is 0 Å². The van der Waals surface area contributed by atoms with Crippen LogP contribution < -0.4 is 0 Å². The summed E-state index contributed by atoms with van der Waals surface area (Å²) in [5, 5.41) is 0. The molecule has 0 heteroatoms. The van der Waals surface area contributed by atoms with Crippen molar-refractivity contribution in [1.82, 2.24) is 0 Å². The second-order valence-corrected chi connectivity index (χ2v) is 8.19. The number of benzene rings is 5. The Hall–Kier alpha value is -3.90. The van der Waals surface area contributed by atoms with E-state index in [2.05, 4.69) is 121 Å². The second-order valence-electron chi connectivity index (χ2n) is 8.19. The zero-order valence-electron chi connectivity index (χ0n) is 17.3. The van der Waals surface area contributed by atoms with Gasteiger partial charge in [0.15, 0.2) is 0 Å². The molecule has 0 radical (unpaired) electrons. The van der Waals surface area contributed by atoms with Crippen LogP contribution >= 0.6 is 0 Å². The van der Waals surface area contributed by atoms with E-state index in [0.29, 0.717) is 0 Å². The first kappa shape index (κ1) is 17.9. The highest BCUT2D eigenvalue weighted by Gasteiger charge is 2.21. The first-order valence-electron chi connectivity index (χ1n) is 10.8. The Labute approximate surface area is 183 Å². The van der Waals surface area contributed by atoms with Gasteiger partial charge in [-0.25, -0.2) is 0 Å². The Balaban J connectivity index is 1.38. The highest BCUT2D eigenvalue weighted by molar-refractivity contribution is 5.86. The van der Waals surface area contributed by atoms with Gasteiger partial charge in [0.05, 0.1) is 0 Å². The molecule has 146 valence electrons. The van der Waals surface area contributed by atoms with E-state index < -0.39 is 0 Å². The van der Waals surface area contributed by atoms with E-state index in [9.17, 15) is 0 Å². The third kappa shape index (κ3) is 3.17. The largest absolute Gasteiger partial charge is 0.0622 e. The van der Waals surface area contributed by atoms with Crippen LogP contribution in [0.15, 0.2) is 121 Å². The first-order chi connectivity index (χ1) is 15.4. The van der Waals surface area contributed by atoms with Gasteiger partial charge in [0.2, 0.25) is 0 Å². The summed E-state index contributed by atoms with van der Waals surface area (Å²) in [6, 6.07) is 43.9. The summed E-state index contributed by atoms with van der Waals surface area (Å²) in [4.78, 5) is 0.